The van der Waals surface area contributed by atoms with Crippen LogP contribution < -0.4 is 0 Å². The second-order valence-electron chi connectivity index (χ2n) is 7.32. The van der Waals surface area contributed by atoms with Gasteiger partial charge in [0, 0.05) is 27.7 Å². The molecule has 5 atom stereocenters. The molecular formula is C21H20F4O11. The largest absolute Gasteiger partial charge is 0.463 e. The van der Waals surface area contributed by atoms with Crippen LogP contribution in [0.5, 0.6) is 0 Å². The number of ether oxygens (including phenoxy) is 6. The summed E-state index contributed by atoms with van der Waals surface area (Å²) in [6, 6.07) is 0.0152. The Morgan fingerprint density at radius 3 is 1.78 bits per heavy atom. The van der Waals surface area contributed by atoms with Gasteiger partial charge < -0.3 is 28.4 Å². The molecule has 0 radical (unpaired) electrons. The Balaban J connectivity index is 2.52. The van der Waals surface area contributed by atoms with Crippen molar-refractivity contribution in [3.8, 4) is 0 Å². The minimum absolute atomic E-state index is 0.0152. The lowest BCUT2D eigenvalue weighted by atomic mass is 9.98. The number of carbonyl (C=O) groups is 5. The minimum atomic E-state index is -2.30. The van der Waals surface area contributed by atoms with Gasteiger partial charge in [0.25, 0.3) is 0 Å². The van der Waals surface area contributed by atoms with Crippen molar-refractivity contribution < 1.29 is 70.0 Å². The zero-order chi connectivity index (χ0) is 27.3. The fourth-order valence-electron chi connectivity index (χ4n) is 3.17. The molecule has 0 N–H and O–H groups in total. The van der Waals surface area contributed by atoms with Gasteiger partial charge in [-0.25, -0.2) is 22.4 Å². The van der Waals surface area contributed by atoms with Crippen LogP contribution in [-0.2, 0) is 47.6 Å². The maximum Gasteiger partial charge on any atom is 0.343 e. The van der Waals surface area contributed by atoms with Crippen LogP contribution >= 0.6 is 0 Å². The average Bonchev–Trinajstić information content (AvgIpc) is 2.76. The number of hydrogen-bond donors (Lipinski definition) is 0. The van der Waals surface area contributed by atoms with E-state index in [0.717, 1.165) is 27.7 Å². The molecule has 1 heterocycles. The number of esters is 5. The van der Waals surface area contributed by atoms with E-state index in [0.29, 0.717) is 0 Å². The molecule has 198 valence electrons. The molecule has 0 aromatic heterocycles. The van der Waals surface area contributed by atoms with E-state index in [-0.39, 0.29) is 6.07 Å². The summed E-state index contributed by atoms with van der Waals surface area (Å²) in [4.78, 5) is 58.9. The summed E-state index contributed by atoms with van der Waals surface area (Å²) >= 11 is 0. The van der Waals surface area contributed by atoms with E-state index in [2.05, 4.69) is 0 Å². The first-order valence-corrected chi connectivity index (χ1v) is 10.1. The smallest absolute Gasteiger partial charge is 0.343 e. The highest BCUT2D eigenvalue weighted by molar-refractivity contribution is 5.90. The molecule has 1 aliphatic rings. The van der Waals surface area contributed by atoms with Gasteiger partial charge in [-0.1, -0.05) is 0 Å². The van der Waals surface area contributed by atoms with E-state index in [1.807, 2.05) is 0 Å². The van der Waals surface area contributed by atoms with Crippen molar-refractivity contribution in [3.63, 3.8) is 0 Å². The number of hydrogen-bond acceptors (Lipinski definition) is 11. The first-order chi connectivity index (χ1) is 16.7. The van der Waals surface area contributed by atoms with Crippen LogP contribution in [0.15, 0.2) is 6.07 Å². The Kier molecular flexibility index (Phi) is 9.33. The molecule has 0 bridgehead atoms. The molecule has 1 aromatic rings. The molecule has 36 heavy (non-hydrogen) atoms. The van der Waals surface area contributed by atoms with Crippen molar-refractivity contribution in [1.82, 2.24) is 0 Å². The van der Waals surface area contributed by atoms with Crippen LogP contribution in [0.1, 0.15) is 38.1 Å². The molecular weight excluding hydrogens is 504 g/mol. The third-order valence-corrected chi connectivity index (χ3v) is 4.49. The van der Waals surface area contributed by atoms with Gasteiger partial charge in [-0.2, -0.15) is 0 Å². The molecule has 11 nitrogen and oxygen atoms in total. The molecule has 0 saturated carbocycles. The van der Waals surface area contributed by atoms with Gasteiger partial charge in [-0.05, 0) is 6.07 Å². The predicted molar refractivity (Wildman–Crippen MR) is 104 cm³/mol. The normalized spacial score (nSPS) is 23.3. The van der Waals surface area contributed by atoms with E-state index < -0.39 is 96.0 Å². The van der Waals surface area contributed by atoms with Gasteiger partial charge in [0.2, 0.25) is 12.4 Å². The second kappa shape index (κ2) is 11.8. The second-order valence-corrected chi connectivity index (χ2v) is 7.32. The quantitative estimate of drug-likeness (QED) is 0.168. The van der Waals surface area contributed by atoms with Crippen LogP contribution in [0.3, 0.4) is 0 Å². The van der Waals surface area contributed by atoms with Crippen LogP contribution in [0.2, 0.25) is 0 Å². The number of carbonyl (C=O) groups excluding carboxylic acids is 5. The fraction of sp³-hybridized carbons (Fsp3) is 0.476. The zero-order valence-corrected chi connectivity index (χ0v) is 19.2. The molecule has 1 aromatic carbocycles. The topological polar surface area (TPSA) is 141 Å². The molecule has 1 aliphatic heterocycles. The highest BCUT2D eigenvalue weighted by Gasteiger charge is 2.54. The number of benzene rings is 1. The SMILES string of the molecule is CC(=O)OC[C@H]1O[C@@H](OC(=O)c2cc(F)c(F)c(F)c2F)[C@H](OC(C)=O)[C@@H](OC(C)=O)[C@H]1OC(C)=O. The molecule has 1 fully saturated rings. The monoisotopic (exact) mass is 524 g/mol. The van der Waals surface area contributed by atoms with E-state index in [4.69, 9.17) is 28.4 Å². The van der Waals surface area contributed by atoms with Gasteiger partial charge in [0.1, 0.15) is 18.3 Å². The Labute approximate surface area is 200 Å². The molecule has 15 heteroatoms. The zero-order valence-electron chi connectivity index (χ0n) is 19.2. The van der Waals surface area contributed by atoms with E-state index >= 15 is 0 Å². The van der Waals surface area contributed by atoms with Crippen molar-refractivity contribution in [2.24, 2.45) is 0 Å². The summed E-state index contributed by atoms with van der Waals surface area (Å²) in [5, 5.41) is 0. The van der Waals surface area contributed by atoms with Crippen molar-refractivity contribution in [2.75, 3.05) is 6.61 Å². The van der Waals surface area contributed by atoms with E-state index in [9.17, 15) is 41.5 Å². The molecule has 1 saturated heterocycles. The fourth-order valence-corrected chi connectivity index (χ4v) is 3.17. The summed E-state index contributed by atoms with van der Waals surface area (Å²) in [7, 11) is 0. The van der Waals surface area contributed by atoms with Crippen molar-refractivity contribution in [2.45, 2.75) is 58.4 Å². The van der Waals surface area contributed by atoms with Crippen LogP contribution in [0, 0.1) is 23.3 Å². The lowest BCUT2D eigenvalue weighted by Crippen LogP contribution is -2.63. The third kappa shape index (κ3) is 6.90. The lowest BCUT2D eigenvalue weighted by Gasteiger charge is -2.43. The first-order valence-electron chi connectivity index (χ1n) is 10.1. The predicted octanol–water partition coefficient (Wildman–Crippen LogP) is 1.48. The van der Waals surface area contributed by atoms with Crippen molar-refractivity contribution in [1.29, 1.82) is 0 Å². The van der Waals surface area contributed by atoms with Crippen LogP contribution in [-0.4, -0.2) is 67.2 Å². The number of rotatable bonds is 7. The summed E-state index contributed by atoms with van der Waals surface area (Å²) < 4.78 is 84.9. The summed E-state index contributed by atoms with van der Waals surface area (Å²) in [5.74, 6) is -14.1. The Bertz CT molecular complexity index is 1060. The highest BCUT2D eigenvalue weighted by Crippen LogP contribution is 2.31. The third-order valence-electron chi connectivity index (χ3n) is 4.49. The Hall–Kier alpha value is -3.75. The van der Waals surface area contributed by atoms with Gasteiger partial charge in [0.05, 0.1) is 0 Å². The van der Waals surface area contributed by atoms with Crippen LogP contribution in [0.4, 0.5) is 17.6 Å². The maximum atomic E-state index is 14.1. The molecule has 0 amide bonds. The first kappa shape index (κ1) is 28.5. The minimum Gasteiger partial charge on any atom is -0.463 e. The number of halogens is 4. The molecule has 0 unspecified atom stereocenters. The standard InChI is InChI=1S/C21H20F4O11/c1-7(26)31-6-13-17(32-8(2)27)18(33-9(3)28)19(34-10(4)29)21(35-13)36-20(30)11-5-12(22)15(24)16(25)14(11)23/h5,13,17-19,21H,6H2,1-4H3/t13-,17+,18+,19-,21+/m1/s1. The van der Waals surface area contributed by atoms with Gasteiger partial charge in [-0.3, -0.25) is 19.2 Å². The molecule has 0 aliphatic carbocycles. The summed E-state index contributed by atoms with van der Waals surface area (Å²) in [6.07, 6.45) is -8.78. The highest BCUT2D eigenvalue weighted by atomic mass is 19.2. The van der Waals surface area contributed by atoms with E-state index in [1.54, 1.807) is 0 Å². The maximum absolute atomic E-state index is 14.1. The average molecular weight is 524 g/mol. The van der Waals surface area contributed by atoms with Gasteiger partial charge >= 0.3 is 29.8 Å². The van der Waals surface area contributed by atoms with Gasteiger partial charge in [0.15, 0.2) is 35.5 Å². The Morgan fingerprint density at radius 1 is 0.722 bits per heavy atom. The summed E-state index contributed by atoms with van der Waals surface area (Å²) in [5.41, 5.74) is -1.39. The summed E-state index contributed by atoms with van der Waals surface area (Å²) in [6.45, 7) is 3.17. The van der Waals surface area contributed by atoms with E-state index in [1.165, 1.54) is 0 Å². The molecule has 0 spiro atoms. The molecule has 2 rings (SSSR count). The van der Waals surface area contributed by atoms with Crippen LogP contribution in [0.25, 0.3) is 0 Å². The van der Waals surface area contributed by atoms with Crippen molar-refractivity contribution in [3.05, 3.63) is 34.9 Å². The Morgan fingerprint density at radius 2 is 1.25 bits per heavy atom. The lowest BCUT2D eigenvalue weighted by molar-refractivity contribution is -0.294. The van der Waals surface area contributed by atoms with Gasteiger partial charge in [-0.15, -0.1) is 0 Å². The van der Waals surface area contributed by atoms with Crippen molar-refractivity contribution >= 4 is 29.8 Å².